The van der Waals surface area contributed by atoms with Crippen molar-refractivity contribution in [3.63, 3.8) is 0 Å². The van der Waals surface area contributed by atoms with Gasteiger partial charge in [-0.25, -0.2) is 31.5 Å². The highest BCUT2D eigenvalue weighted by molar-refractivity contribution is 7.91. The summed E-state index contributed by atoms with van der Waals surface area (Å²) in [4.78, 5) is 8.27. The highest BCUT2D eigenvalue weighted by atomic mass is 35.5. The van der Waals surface area contributed by atoms with E-state index in [1.165, 1.54) is 18.3 Å². The molecule has 0 saturated heterocycles. The SMILES string of the molecule is CS(=O)(=O)c1nccc(-c2ccc(S(=O)(=O)NCCc3ccc(Cl)cc3)s2)n1. The molecule has 0 unspecified atom stereocenters. The summed E-state index contributed by atoms with van der Waals surface area (Å²) >= 11 is 6.84. The Morgan fingerprint density at radius 1 is 1.04 bits per heavy atom. The quantitative estimate of drug-likeness (QED) is 0.547. The van der Waals surface area contributed by atoms with E-state index in [1.54, 1.807) is 18.2 Å². The third kappa shape index (κ3) is 5.15. The van der Waals surface area contributed by atoms with Crippen molar-refractivity contribution in [3.8, 4) is 10.6 Å². The van der Waals surface area contributed by atoms with E-state index in [1.807, 2.05) is 12.1 Å². The average Bonchev–Trinajstić information content (AvgIpc) is 3.14. The molecule has 0 amide bonds. The van der Waals surface area contributed by atoms with E-state index in [4.69, 9.17) is 11.6 Å². The predicted molar refractivity (Wildman–Crippen MR) is 109 cm³/mol. The summed E-state index contributed by atoms with van der Waals surface area (Å²) in [6.45, 7) is 0.239. The van der Waals surface area contributed by atoms with Crippen molar-refractivity contribution in [1.82, 2.24) is 14.7 Å². The van der Waals surface area contributed by atoms with Gasteiger partial charge in [-0.2, -0.15) is 0 Å². The summed E-state index contributed by atoms with van der Waals surface area (Å²) in [5.41, 5.74) is 1.32. The Bertz CT molecular complexity index is 1190. The van der Waals surface area contributed by atoms with E-state index in [2.05, 4.69) is 14.7 Å². The first-order valence-electron chi connectivity index (χ1n) is 8.02. The van der Waals surface area contributed by atoms with Gasteiger partial charge in [0.1, 0.15) is 4.21 Å². The number of hydrogen-bond donors (Lipinski definition) is 1. The van der Waals surface area contributed by atoms with Gasteiger partial charge in [-0.1, -0.05) is 23.7 Å². The van der Waals surface area contributed by atoms with E-state index < -0.39 is 19.9 Å². The second-order valence-electron chi connectivity index (χ2n) is 5.89. The third-order valence-electron chi connectivity index (χ3n) is 3.68. The van der Waals surface area contributed by atoms with Crippen molar-refractivity contribution in [1.29, 1.82) is 0 Å². The minimum Gasteiger partial charge on any atom is -0.227 e. The van der Waals surface area contributed by atoms with Gasteiger partial charge in [0.2, 0.25) is 25.0 Å². The van der Waals surface area contributed by atoms with Crippen LogP contribution in [0.3, 0.4) is 0 Å². The number of hydrogen-bond acceptors (Lipinski definition) is 7. The smallest absolute Gasteiger partial charge is 0.227 e. The number of sulfone groups is 1. The summed E-state index contributed by atoms with van der Waals surface area (Å²) in [6.07, 6.45) is 2.87. The summed E-state index contributed by atoms with van der Waals surface area (Å²) in [5.74, 6) is 0. The van der Waals surface area contributed by atoms with Gasteiger partial charge < -0.3 is 0 Å². The first-order chi connectivity index (χ1) is 13.1. The molecule has 7 nitrogen and oxygen atoms in total. The molecule has 0 fully saturated rings. The van der Waals surface area contributed by atoms with E-state index in [9.17, 15) is 16.8 Å². The van der Waals surface area contributed by atoms with Crippen LogP contribution in [0.25, 0.3) is 10.6 Å². The van der Waals surface area contributed by atoms with Gasteiger partial charge in [0.05, 0.1) is 10.6 Å². The minimum atomic E-state index is -3.68. The van der Waals surface area contributed by atoms with E-state index in [0.717, 1.165) is 23.2 Å². The lowest BCUT2D eigenvalue weighted by atomic mass is 10.2. The number of aromatic nitrogens is 2. The van der Waals surface area contributed by atoms with Crippen LogP contribution in [0.5, 0.6) is 0 Å². The van der Waals surface area contributed by atoms with E-state index in [0.29, 0.717) is 22.0 Å². The molecule has 0 radical (unpaired) electrons. The zero-order chi connectivity index (χ0) is 20.4. The van der Waals surface area contributed by atoms with Crippen LogP contribution in [0.15, 0.2) is 58.0 Å². The monoisotopic (exact) mass is 457 g/mol. The molecule has 0 aliphatic carbocycles. The van der Waals surface area contributed by atoms with Gasteiger partial charge in [-0.05, 0) is 42.3 Å². The summed E-state index contributed by atoms with van der Waals surface area (Å²) in [6, 6.07) is 11.8. The summed E-state index contributed by atoms with van der Waals surface area (Å²) in [5, 5.41) is 0.322. The maximum Gasteiger partial charge on any atom is 0.250 e. The number of rotatable bonds is 7. The Hall–Kier alpha value is -1.85. The van der Waals surface area contributed by atoms with Crippen molar-refractivity contribution < 1.29 is 16.8 Å². The molecule has 2 heterocycles. The molecule has 0 saturated carbocycles. The van der Waals surface area contributed by atoms with Crippen LogP contribution in [0.4, 0.5) is 0 Å². The Labute approximate surface area is 172 Å². The summed E-state index contributed by atoms with van der Waals surface area (Å²) in [7, 11) is -7.24. The van der Waals surface area contributed by atoms with Crippen LogP contribution < -0.4 is 4.72 Å². The number of nitrogens with zero attached hydrogens (tertiary/aromatic N) is 2. The van der Waals surface area contributed by atoms with E-state index in [-0.39, 0.29) is 15.9 Å². The van der Waals surface area contributed by atoms with Crippen LogP contribution in [-0.4, -0.2) is 39.6 Å². The van der Waals surface area contributed by atoms with E-state index >= 15 is 0 Å². The predicted octanol–water partition coefficient (Wildman–Crippen LogP) is 2.78. The maximum atomic E-state index is 12.5. The summed E-state index contributed by atoms with van der Waals surface area (Å²) < 4.78 is 50.9. The van der Waals surface area contributed by atoms with Crippen molar-refractivity contribution >= 4 is 42.8 Å². The van der Waals surface area contributed by atoms with Gasteiger partial charge in [0.15, 0.2) is 0 Å². The normalized spacial score (nSPS) is 12.2. The molecule has 2 aromatic heterocycles. The van der Waals surface area contributed by atoms with Gasteiger partial charge in [-0.3, -0.25) is 0 Å². The first-order valence-corrected chi connectivity index (χ1v) is 12.6. The fraction of sp³-hybridized carbons (Fsp3) is 0.176. The molecule has 0 spiro atoms. The molecule has 1 N–H and O–H groups in total. The maximum absolute atomic E-state index is 12.5. The van der Waals surface area contributed by atoms with Crippen molar-refractivity contribution in [2.75, 3.05) is 12.8 Å². The molecule has 0 aliphatic heterocycles. The zero-order valence-electron chi connectivity index (χ0n) is 14.7. The molecule has 0 atom stereocenters. The van der Waals surface area contributed by atoms with Crippen LogP contribution >= 0.6 is 22.9 Å². The standard InChI is InChI=1S/C17H16ClN3O4S3/c1-27(22,23)17-19-10-9-14(21-17)15-6-7-16(26-15)28(24,25)20-11-8-12-2-4-13(18)5-3-12/h2-7,9-10,20H,8,11H2,1H3. The molecule has 3 rings (SSSR count). The largest absolute Gasteiger partial charge is 0.250 e. The second kappa shape index (κ2) is 8.26. The van der Waals surface area contributed by atoms with Crippen LogP contribution in [-0.2, 0) is 26.3 Å². The third-order valence-corrected chi connectivity index (χ3v) is 7.86. The van der Waals surface area contributed by atoms with Gasteiger partial charge in [0.25, 0.3) is 0 Å². The van der Waals surface area contributed by atoms with Crippen molar-refractivity contribution in [2.24, 2.45) is 0 Å². The fourth-order valence-corrected chi connectivity index (χ4v) is 5.31. The Morgan fingerprint density at radius 3 is 2.43 bits per heavy atom. The van der Waals surface area contributed by atoms with Crippen LogP contribution in [0, 0.1) is 0 Å². The van der Waals surface area contributed by atoms with Crippen molar-refractivity contribution in [3.05, 3.63) is 59.2 Å². The Morgan fingerprint density at radius 2 is 1.75 bits per heavy atom. The molecule has 0 aliphatic rings. The second-order valence-corrected chi connectivity index (χ2v) is 11.3. The Kier molecular flexibility index (Phi) is 6.15. The fourth-order valence-electron chi connectivity index (χ4n) is 2.31. The Balaban J connectivity index is 1.72. The van der Waals surface area contributed by atoms with Crippen molar-refractivity contribution in [2.45, 2.75) is 15.8 Å². The van der Waals surface area contributed by atoms with Gasteiger partial charge in [-0.15, -0.1) is 11.3 Å². The lowest BCUT2D eigenvalue weighted by Crippen LogP contribution is -2.25. The van der Waals surface area contributed by atoms with Crippen LogP contribution in [0.1, 0.15) is 5.56 Å². The first kappa shape index (κ1) is 20.9. The number of sulfonamides is 1. The lowest BCUT2D eigenvalue weighted by molar-refractivity contribution is 0.583. The molecule has 3 aromatic rings. The number of nitrogens with one attached hydrogen (secondary N) is 1. The van der Waals surface area contributed by atoms with Gasteiger partial charge >= 0.3 is 0 Å². The molecular formula is C17H16ClN3O4S3. The average molecular weight is 458 g/mol. The number of benzene rings is 1. The topological polar surface area (TPSA) is 106 Å². The van der Waals surface area contributed by atoms with Crippen LogP contribution in [0.2, 0.25) is 5.02 Å². The molecule has 1 aromatic carbocycles. The molecule has 0 bridgehead atoms. The lowest BCUT2D eigenvalue weighted by Gasteiger charge is -2.05. The highest BCUT2D eigenvalue weighted by Gasteiger charge is 2.18. The molecule has 148 valence electrons. The minimum absolute atomic E-state index is 0.123. The number of halogens is 1. The molecule has 11 heteroatoms. The zero-order valence-corrected chi connectivity index (χ0v) is 17.9. The molecular weight excluding hydrogens is 442 g/mol. The number of thiophene rings is 1. The highest BCUT2D eigenvalue weighted by Crippen LogP contribution is 2.29. The van der Waals surface area contributed by atoms with Gasteiger partial charge in [0, 0.05) is 24.0 Å². The molecule has 28 heavy (non-hydrogen) atoms.